The molecule has 0 aliphatic heterocycles. The highest BCUT2D eigenvalue weighted by atomic mass is 16.5. The third-order valence-corrected chi connectivity index (χ3v) is 2.75. The Morgan fingerprint density at radius 3 is 2.45 bits per heavy atom. The molecule has 0 fully saturated rings. The maximum atomic E-state index is 11.9. The molecule has 1 aromatic carbocycles. The van der Waals surface area contributed by atoms with Crippen molar-refractivity contribution in [3.05, 3.63) is 29.8 Å². The smallest absolute Gasteiger partial charge is 0.220 e. The van der Waals surface area contributed by atoms with E-state index in [4.69, 9.17) is 9.84 Å². The highest BCUT2D eigenvalue weighted by Gasteiger charge is 2.11. The van der Waals surface area contributed by atoms with Crippen molar-refractivity contribution in [3.8, 4) is 5.75 Å². The molecule has 0 heterocycles. The first-order valence-electron chi connectivity index (χ1n) is 6.73. The summed E-state index contributed by atoms with van der Waals surface area (Å²) in [6.45, 7) is 4.06. The predicted octanol–water partition coefficient (Wildman–Crippen LogP) is 1.55. The molecule has 0 spiro atoms. The number of amides is 1. The van der Waals surface area contributed by atoms with Crippen LogP contribution in [0.15, 0.2) is 24.3 Å². The third kappa shape index (κ3) is 5.40. The Kier molecular flexibility index (Phi) is 6.73. The van der Waals surface area contributed by atoms with E-state index in [1.807, 2.05) is 6.92 Å². The van der Waals surface area contributed by atoms with Gasteiger partial charge in [-0.3, -0.25) is 9.59 Å². The predicted molar refractivity (Wildman–Crippen MR) is 75.9 cm³/mol. The molecule has 1 rings (SSSR count). The number of carbonyl (C=O) groups is 2. The van der Waals surface area contributed by atoms with E-state index in [9.17, 15) is 9.59 Å². The van der Waals surface area contributed by atoms with Crippen LogP contribution in [0.3, 0.4) is 0 Å². The van der Waals surface area contributed by atoms with Gasteiger partial charge in [-0.25, -0.2) is 0 Å². The van der Waals surface area contributed by atoms with Gasteiger partial charge in [-0.15, -0.1) is 0 Å². The number of Topliss-reactive ketones (excluding diaryl/α,β-unsaturated/α-hetero) is 1. The summed E-state index contributed by atoms with van der Waals surface area (Å²) in [6.07, 6.45) is 0.272. The minimum Gasteiger partial charge on any atom is -0.494 e. The van der Waals surface area contributed by atoms with E-state index in [-0.39, 0.29) is 37.2 Å². The lowest BCUT2D eigenvalue weighted by Gasteiger charge is -2.10. The Labute approximate surface area is 118 Å². The van der Waals surface area contributed by atoms with E-state index in [0.29, 0.717) is 12.2 Å². The van der Waals surface area contributed by atoms with Gasteiger partial charge in [-0.05, 0) is 38.1 Å². The number of carbonyl (C=O) groups excluding carboxylic acids is 2. The number of hydrogen-bond acceptors (Lipinski definition) is 4. The zero-order chi connectivity index (χ0) is 15.0. The second kappa shape index (κ2) is 8.32. The van der Waals surface area contributed by atoms with Crippen LogP contribution >= 0.6 is 0 Å². The number of aliphatic hydroxyl groups is 1. The lowest BCUT2D eigenvalue weighted by molar-refractivity contribution is -0.121. The van der Waals surface area contributed by atoms with Crippen molar-refractivity contribution in [3.63, 3.8) is 0 Å². The molecule has 5 nitrogen and oxygen atoms in total. The van der Waals surface area contributed by atoms with Crippen LogP contribution in [0.4, 0.5) is 0 Å². The topological polar surface area (TPSA) is 75.6 Å². The van der Waals surface area contributed by atoms with Crippen LogP contribution in [0, 0.1) is 0 Å². The lowest BCUT2D eigenvalue weighted by Crippen LogP contribution is -2.35. The van der Waals surface area contributed by atoms with Gasteiger partial charge in [0.25, 0.3) is 0 Å². The monoisotopic (exact) mass is 279 g/mol. The van der Waals surface area contributed by atoms with Crippen LogP contribution in [0.2, 0.25) is 0 Å². The van der Waals surface area contributed by atoms with Crippen molar-refractivity contribution in [2.24, 2.45) is 0 Å². The fourth-order valence-electron chi connectivity index (χ4n) is 1.67. The minimum atomic E-state index is -0.289. The number of aliphatic hydroxyl groups excluding tert-OH is 1. The van der Waals surface area contributed by atoms with Crippen LogP contribution < -0.4 is 10.1 Å². The molecule has 5 heteroatoms. The molecular weight excluding hydrogens is 258 g/mol. The molecule has 0 aromatic heterocycles. The summed E-state index contributed by atoms with van der Waals surface area (Å²) in [7, 11) is 0. The summed E-state index contributed by atoms with van der Waals surface area (Å²) in [5.41, 5.74) is 0.566. The second-order valence-electron chi connectivity index (χ2n) is 4.53. The van der Waals surface area contributed by atoms with Crippen LogP contribution in [0.1, 0.15) is 37.0 Å². The number of benzene rings is 1. The van der Waals surface area contributed by atoms with Gasteiger partial charge in [0.05, 0.1) is 13.2 Å². The van der Waals surface area contributed by atoms with Gasteiger partial charge in [0.15, 0.2) is 5.78 Å². The first-order chi connectivity index (χ1) is 9.56. The molecular formula is C15H21NO4. The largest absolute Gasteiger partial charge is 0.494 e. The van der Waals surface area contributed by atoms with Gasteiger partial charge < -0.3 is 15.2 Å². The summed E-state index contributed by atoms with van der Waals surface area (Å²) >= 11 is 0. The highest BCUT2D eigenvalue weighted by molar-refractivity contribution is 5.98. The van der Waals surface area contributed by atoms with Gasteiger partial charge in [-0.1, -0.05) is 0 Å². The second-order valence-corrected chi connectivity index (χ2v) is 4.53. The number of rotatable bonds is 8. The first-order valence-corrected chi connectivity index (χ1v) is 6.73. The Morgan fingerprint density at radius 2 is 1.90 bits per heavy atom. The maximum absolute atomic E-state index is 11.9. The molecule has 1 aromatic rings. The number of hydrogen-bond donors (Lipinski definition) is 2. The van der Waals surface area contributed by atoms with Crippen molar-refractivity contribution in [1.29, 1.82) is 0 Å². The molecule has 0 aliphatic carbocycles. The first kappa shape index (κ1) is 16.2. The molecule has 0 saturated carbocycles. The molecule has 1 unspecified atom stereocenters. The zero-order valence-electron chi connectivity index (χ0n) is 11.9. The van der Waals surface area contributed by atoms with Crippen molar-refractivity contribution < 1.29 is 19.4 Å². The summed E-state index contributed by atoms with van der Waals surface area (Å²) in [5.74, 6) is 0.407. The molecule has 20 heavy (non-hydrogen) atoms. The number of nitrogens with one attached hydrogen (secondary N) is 1. The number of ketones is 1. The van der Waals surface area contributed by atoms with E-state index in [1.165, 1.54) is 0 Å². The van der Waals surface area contributed by atoms with Gasteiger partial charge in [0.1, 0.15) is 5.75 Å². The molecule has 0 aliphatic rings. The van der Waals surface area contributed by atoms with Crippen LogP contribution in [-0.4, -0.2) is 36.1 Å². The van der Waals surface area contributed by atoms with Crippen molar-refractivity contribution in [2.75, 3.05) is 13.2 Å². The van der Waals surface area contributed by atoms with Crippen molar-refractivity contribution in [2.45, 2.75) is 32.7 Å². The van der Waals surface area contributed by atoms with Crippen LogP contribution in [-0.2, 0) is 4.79 Å². The summed E-state index contributed by atoms with van der Waals surface area (Å²) < 4.78 is 5.30. The van der Waals surface area contributed by atoms with Crippen LogP contribution in [0.25, 0.3) is 0 Å². The quantitative estimate of drug-likeness (QED) is 0.708. The average Bonchev–Trinajstić information content (AvgIpc) is 2.45. The summed E-state index contributed by atoms with van der Waals surface area (Å²) in [4.78, 5) is 23.4. The lowest BCUT2D eigenvalue weighted by atomic mass is 10.1. The minimum absolute atomic E-state index is 0.0835. The molecule has 1 amide bonds. The average molecular weight is 279 g/mol. The highest BCUT2D eigenvalue weighted by Crippen LogP contribution is 2.14. The fourth-order valence-corrected chi connectivity index (χ4v) is 1.67. The van der Waals surface area contributed by atoms with Gasteiger partial charge in [-0.2, -0.15) is 0 Å². The fraction of sp³-hybridized carbons (Fsp3) is 0.467. The molecule has 0 saturated heterocycles. The molecule has 0 bridgehead atoms. The van der Waals surface area contributed by atoms with E-state index in [2.05, 4.69) is 5.32 Å². The Bertz CT molecular complexity index is 442. The Morgan fingerprint density at radius 1 is 1.25 bits per heavy atom. The zero-order valence-corrected chi connectivity index (χ0v) is 11.9. The molecule has 2 N–H and O–H groups in total. The van der Waals surface area contributed by atoms with Gasteiger partial charge in [0.2, 0.25) is 5.91 Å². The third-order valence-electron chi connectivity index (χ3n) is 2.75. The summed E-state index contributed by atoms with van der Waals surface area (Å²) in [6, 6.07) is 6.58. The van der Waals surface area contributed by atoms with Gasteiger partial charge >= 0.3 is 0 Å². The molecule has 1 atom stereocenters. The van der Waals surface area contributed by atoms with E-state index in [1.54, 1.807) is 31.2 Å². The Balaban J connectivity index is 2.44. The van der Waals surface area contributed by atoms with E-state index < -0.39 is 0 Å². The number of ether oxygens (including phenoxy) is 1. The molecule has 110 valence electrons. The van der Waals surface area contributed by atoms with Crippen molar-refractivity contribution in [1.82, 2.24) is 5.32 Å². The van der Waals surface area contributed by atoms with Crippen molar-refractivity contribution >= 4 is 11.7 Å². The molecule has 0 radical (unpaired) electrons. The van der Waals surface area contributed by atoms with E-state index in [0.717, 1.165) is 5.75 Å². The maximum Gasteiger partial charge on any atom is 0.220 e. The van der Waals surface area contributed by atoms with E-state index >= 15 is 0 Å². The normalized spacial score (nSPS) is 11.8. The van der Waals surface area contributed by atoms with Gasteiger partial charge in [0, 0.05) is 24.4 Å². The SMILES string of the molecule is CCOc1ccc(C(=O)CCC(=O)NC(C)CO)cc1. The summed E-state index contributed by atoms with van der Waals surface area (Å²) in [5, 5.41) is 11.4. The Hall–Kier alpha value is -1.88. The van der Waals surface area contributed by atoms with Crippen LogP contribution in [0.5, 0.6) is 5.75 Å². The standard InChI is InChI=1S/C15H21NO4/c1-3-20-13-6-4-12(5-7-13)14(18)8-9-15(19)16-11(2)10-17/h4-7,11,17H,3,8-10H2,1-2H3,(H,16,19).